The average Bonchev–Trinajstić information content (AvgIpc) is 4.18. The van der Waals surface area contributed by atoms with Crippen molar-refractivity contribution in [2.24, 2.45) is 0 Å². The molecule has 3 aromatic heterocycles. The van der Waals surface area contributed by atoms with Gasteiger partial charge in [0.2, 0.25) is 0 Å². The molecule has 4 aromatic carbocycles. The topological polar surface area (TPSA) is 83.7 Å². The third kappa shape index (κ3) is 10.6. The highest BCUT2D eigenvalue weighted by Gasteiger charge is 2.29. The van der Waals surface area contributed by atoms with Crippen LogP contribution in [0.3, 0.4) is 0 Å². The highest BCUT2D eigenvalue weighted by atomic mass is 16.5. The number of ether oxygens (including phenoxy) is 1. The molecule has 0 unspecified atom stereocenters. The maximum Gasteiger partial charge on any atom is 0.154 e. The molecule has 0 atom stereocenters. The first kappa shape index (κ1) is 53.8. The largest absolute Gasteiger partial charge is 0.497 e. The van der Waals surface area contributed by atoms with Gasteiger partial charge in [0.05, 0.1) is 41.0 Å². The molecule has 8 bridgehead atoms. The number of rotatable bonds is 6. The van der Waals surface area contributed by atoms with E-state index in [4.69, 9.17) is 14.7 Å². The second-order valence-electron chi connectivity index (χ2n) is 27.5. The first-order chi connectivity index (χ1) is 35.3. The van der Waals surface area contributed by atoms with Crippen LogP contribution < -0.4 is 4.74 Å². The van der Waals surface area contributed by atoms with Crippen LogP contribution in [0, 0.1) is 0 Å². The number of carbonyl (C=O) groups is 1. The molecule has 392 valence electrons. The molecule has 2 aliphatic rings. The first-order valence-electron chi connectivity index (χ1n) is 27.1. The molecule has 0 saturated heterocycles. The number of carbonyl (C=O) groups excluding carboxylic acids is 1. The summed E-state index contributed by atoms with van der Waals surface area (Å²) in [4.78, 5) is 33.3. The second kappa shape index (κ2) is 18.9. The number of aromatic amines is 2. The molecule has 0 radical (unpaired) electrons. The molecule has 2 N–H and O–H groups in total. The van der Waals surface area contributed by atoms with Gasteiger partial charge in [-0.05, 0) is 143 Å². The zero-order valence-electron chi connectivity index (χ0n) is 48.8. The number of nitrogens with one attached hydrogen (secondary N) is 2. The van der Waals surface area contributed by atoms with Gasteiger partial charge in [0, 0.05) is 38.8 Å². The SMILES string of the molecule is COc1cccc(C2=Cc3nc2c(C=O)c2ccc([nH]2)c(-c2cc(C(C)(C)C)cc(C(C)(C)C)c2)c2nc(c(-c4cc(C(C)(C)C)cc(C(C)(C)C)c4)c4ccc([nH]4)c3-c3cc(C(C)(C)C)cc(C(C)(C)C)c3)C=C2)c1. The summed E-state index contributed by atoms with van der Waals surface area (Å²) in [7, 11) is 1.68. The van der Waals surface area contributed by atoms with E-state index < -0.39 is 0 Å². The zero-order valence-corrected chi connectivity index (χ0v) is 48.8. The lowest BCUT2D eigenvalue weighted by Crippen LogP contribution is -2.16. The number of aldehydes is 1. The fourth-order valence-electron chi connectivity index (χ4n) is 10.3. The summed E-state index contributed by atoms with van der Waals surface area (Å²) in [5.74, 6) is 0.714. The molecule has 0 spiro atoms. The van der Waals surface area contributed by atoms with Crippen molar-refractivity contribution in [3.63, 3.8) is 0 Å². The Bertz CT molecular complexity index is 3600. The van der Waals surface area contributed by atoms with Gasteiger partial charge in [0.1, 0.15) is 5.75 Å². The van der Waals surface area contributed by atoms with Crippen LogP contribution in [0.4, 0.5) is 0 Å². The third-order valence-electron chi connectivity index (χ3n) is 15.3. The minimum absolute atomic E-state index is 0.127. The number of fused-ring (bicyclic) bond motifs is 8. The van der Waals surface area contributed by atoms with E-state index >= 15 is 0 Å². The van der Waals surface area contributed by atoms with Crippen LogP contribution in [0.15, 0.2) is 103 Å². The van der Waals surface area contributed by atoms with Gasteiger partial charge in [-0.2, -0.15) is 0 Å². The van der Waals surface area contributed by atoms with E-state index in [0.717, 1.165) is 84.4 Å². The monoisotopic (exact) mass is 1010 g/mol. The van der Waals surface area contributed by atoms with Gasteiger partial charge in [-0.1, -0.05) is 191 Å². The lowest BCUT2D eigenvalue weighted by molar-refractivity contribution is 0.112. The standard InChI is InChI=1S/C70H80N4O2/c1-65(2,3)45-29-42(30-46(36-45)66(4,5)6)61-55-24-23-54(71-55)53(40-75)64-52(41-21-20-22-51(35-41)76-19)39-60(74-64)63(44-33-49(69(13,14)15)38-50(34-44)70(16,17)18)59-28-27-58(73-59)62(57-26-25-56(61)72-57)43-31-47(67(7,8)9)37-48(32-43)68(10,11)12/h20-40,71,73H,1-19H3. The molecule has 7 aromatic rings. The van der Waals surface area contributed by atoms with E-state index in [-0.39, 0.29) is 32.5 Å². The number of aromatic nitrogens is 4. The van der Waals surface area contributed by atoms with Crippen LogP contribution in [-0.2, 0) is 32.5 Å². The van der Waals surface area contributed by atoms with Crippen molar-refractivity contribution in [2.45, 2.75) is 157 Å². The van der Waals surface area contributed by atoms with E-state index in [1.165, 1.54) is 33.4 Å². The predicted octanol–water partition coefficient (Wildman–Crippen LogP) is 18.7. The first-order valence-corrected chi connectivity index (χ1v) is 27.1. The van der Waals surface area contributed by atoms with Crippen molar-refractivity contribution in [1.29, 1.82) is 0 Å². The van der Waals surface area contributed by atoms with Crippen LogP contribution in [-0.4, -0.2) is 33.3 Å². The number of H-pyrrole nitrogens is 2. The third-order valence-corrected chi connectivity index (χ3v) is 15.3. The number of hydrogen-bond donors (Lipinski definition) is 2. The zero-order chi connectivity index (χ0) is 55.2. The molecule has 76 heavy (non-hydrogen) atoms. The van der Waals surface area contributed by atoms with Crippen LogP contribution >= 0.6 is 0 Å². The normalized spacial score (nSPS) is 13.5. The Balaban J connectivity index is 1.55. The van der Waals surface area contributed by atoms with Gasteiger partial charge in [0.15, 0.2) is 6.29 Å². The Kier molecular flexibility index (Phi) is 13.4. The lowest BCUT2D eigenvalue weighted by Gasteiger charge is -2.26. The van der Waals surface area contributed by atoms with E-state index in [0.29, 0.717) is 22.5 Å². The van der Waals surface area contributed by atoms with Crippen LogP contribution in [0.2, 0.25) is 0 Å². The molecule has 2 aliphatic heterocycles. The Labute approximate surface area is 453 Å². The number of methoxy groups -OCH3 is 1. The molecular weight excluding hydrogens is 929 g/mol. The van der Waals surface area contributed by atoms with Crippen LogP contribution in [0.5, 0.6) is 5.75 Å². The average molecular weight is 1010 g/mol. The molecule has 0 amide bonds. The molecule has 0 saturated carbocycles. The molecule has 6 nitrogen and oxygen atoms in total. The Hall–Kier alpha value is -7.05. The molecule has 5 heterocycles. The summed E-state index contributed by atoms with van der Waals surface area (Å²) in [5.41, 5.74) is 21.2. The maximum atomic E-state index is 14.0. The van der Waals surface area contributed by atoms with E-state index in [2.05, 4.69) is 232 Å². The van der Waals surface area contributed by atoms with Gasteiger partial charge in [0.25, 0.3) is 0 Å². The van der Waals surface area contributed by atoms with Crippen molar-refractivity contribution in [3.8, 4) is 39.1 Å². The van der Waals surface area contributed by atoms with Gasteiger partial charge in [-0.25, -0.2) is 9.97 Å². The van der Waals surface area contributed by atoms with Crippen molar-refractivity contribution in [1.82, 2.24) is 19.9 Å². The van der Waals surface area contributed by atoms with Crippen LogP contribution in [0.25, 0.3) is 79.2 Å². The summed E-state index contributed by atoms with van der Waals surface area (Å²) in [5, 5.41) is 0. The maximum absolute atomic E-state index is 14.0. The second-order valence-corrected chi connectivity index (χ2v) is 27.5. The summed E-state index contributed by atoms with van der Waals surface area (Å²) < 4.78 is 5.82. The van der Waals surface area contributed by atoms with Crippen LogP contribution in [0.1, 0.15) is 197 Å². The molecule has 6 heteroatoms. The van der Waals surface area contributed by atoms with Crippen molar-refractivity contribution in [2.75, 3.05) is 7.11 Å². The summed E-state index contributed by atoms with van der Waals surface area (Å²) in [6.07, 6.45) is 7.47. The quantitative estimate of drug-likeness (QED) is 0.163. The minimum Gasteiger partial charge on any atom is -0.497 e. The van der Waals surface area contributed by atoms with Gasteiger partial charge in [-0.15, -0.1) is 0 Å². The van der Waals surface area contributed by atoms with Gasteiger partial charge >= 0.3 is 0 Å². The smallest absolute Gasteiger partial charge is 0.154 e. The Morgan fingerprint density at radius 3 is 1.12 bits per heavy atom. The molecular formula is C70H80N4O2. The van der Waals surface area contributed by atoms with Crippen molar-refractivity contribution in [3.05, 3.63) is 170 Å². The predicted molar refractivity (Wildman–Crippen MR) is 324 cm³/mol. The molecule has 0 fully saturated rings. The van der Waals surface area contributed by atoms with Gasteiger partial charge in [-0.3, -0.25) is 4.79 Å². The Morgan fingerprint density at radius 2 is 0.763 bits per heavy atom. The van der Waals surface area contributed by atoms with E-state index in [1.54, 1.807) is 7.11 Å². The molecule has 0 aliphatic carbocycles. The highest BCUT2D eigenvalue weighted by Crippen LogP contribution is 2.44. The van der Waals surface area contributed by atoms with E-state index in [9.17, 15) is 4.79 Å². The summed E-state index contributed by atoms with van der Waals surface area (Å²) in [6, 6.07) is 37.8. The van der Waals surface area contributed by atoms with Crippen molar-refractivity contribution < 1.29 is 9.53 Å². The van der Waals surface area contributed by atoms with E-state index in [1.807, 2.05) is 24.3 Å². The highest BCUT2D eigenvalue weighted by molar-refractivity contribution is 6.05. The fraction of sp³-hybridized carbons (Fsp3) is 0.357. The number of nitrogens with zero attached hydrogens (tertiary/aromatic N) is 2. The number of benzene rings is 4. The summed E-state index contributed by atoms with van der Waals surface area (Å²) in [6.45, 7) is 41.1. The number of hydrogen-bond acceptors (Lipinski definition) is 4. The van der Waals surface area contributed by atoms with Crippen molar-refractivity contribution >= 4 is 52.2 Å². The van der Waals surface area contributed by atoms with Gasteiger partial charge < -0.3 is 14.7 Å². The minimum atomic E-state index is -0.154. The molecule has 9 rings (SSSR count). The fourth-order valence-corrected chi connectivity index (χ4v) is 10.3. The Morgan fingerprint density at radius 1 is 0.408 bits per heavy atom. The lowest BCUT2D eigenvalue weighted by atomic mass is 9.78. The summed E-state index contributed by atoms with van der Waals surface area (Å²) >= 11 is 0.